The molecule has 0 saturated heterocycles. The summed E-state index contributed by atoms with van der Waals surface area (Å²) in [5.41, 5.74) is 7.29. The molecule has 2 rings (SSSR count). The number of rotatable bonds is 4. The minimum atomic E-state index is -0.754. The highest BCUT2D eigenvalue weighted by Gasteiger charge is 2.12. The molecule has 2 heteroatoms. The van der Waals surface area contributed by atoms with E-state index in [2.05, 4.69) is 45.0 Å². The van der Waals surface area contributed by atoms with E-state index in [1.54, 1.807) is 0 Å². The highest BCUT2D eigenvalue weighted by molar-refractivity contribution is 5.72. The summed E-state index contributed by atoms with van der Waals surface area (Å²) in [5, 5.41) is 8.95. The molecule has 0 spiro atoms. The minimum absolute atomic E-state index is 0.0218. The lowest BCUT2D eigenvalue weighted by atomic mass is 9.90. The predicted molar refractivity (Wildman–Crippen MR) is 86.8 cm³/mol. The molecule has 21 heavy (non-hydrogen) atoms. The van der Waals surface area contributed by atoms with Crippen LogP contribution < -0.4 is 0 Å². The van der Waals surface area contributed by atoms with Gasteiger partial charge in [0.1, 0.15) is 0 Å². The van der Waals surface area contributed by atoms with Gasteiger partial charge in [-0.1, -0.05) is 48.9 Å². The van der Waals surface area contributed by atoms with E-state index in [4.69, 9.17) is 5.11 Å². The van der Waals surface area contributed by atoms with Gasteiger partial charge in [-0.3, -0.25) is 4.79 Å². The average molecular weight is 282 g/mol. The zero-order chi connectivity index (χ0) is 15.6. The molecule has 0 aliphatic carbocycles. The van der Waals surface area contributed by atoms with Gasteiger partial charge in [0.2, 0.25) is 0 Å². The van der Waals surface area contributed by atoms with Crippen molar-refractivity contribution in [3.05, 3.63) is 58.7 Å². The van der Waals surface area contributed by atoms with Gasteiger partial charge in [0, 0.05) is 0 Å². The summed E-state index contributed by atoms with van der Waals surface area (Å²) in [4.78, 5) is 10.9. The maximum Gasteiger partial charge on any atom is 0.303 e. The number of hydrogen-bond donors (Lipinski definition) is 1. The van der Waals surface area contributed by atoms with E-state index in [9.17, 15) is 4.79 Å². The van der Waals surface area contributed by atoms with Gasteiger partial charge in [0.05, 0.1) is 6.42 Å². The molecule has 2 aromatic rings. The molecule has 110 valence electrons. The quantitative estimate of drug-likeness (QED) is 0.869. The Morgan fingerprint density at radius 2 is 1.71 bits per heavy atom. The Balaban J connectivity index is 2.45. The molecule has 0 aliphatic rings. The third-order valence-electron chi connectivity index (χ3n) is 3.90. The monoisotopic (exact) mass is 282 g/mol. The first kappa shape index (κ1) is 15.3. The first-order valence-corrected chi connectivity index (χ1v) is 7.28. The van der Waals surface area contributed by atoms with Gasteiger partial charge in [0.15, 0.2) is 0 Å². The van der Waals surface area contributed by atoms with Gasteiger partial charge in [0.25, 0.3) is 0 Å². The van der Waals surface area contributed by atoms with Crippen molar-refractivity contribution in [1.29, 1.82) is 0 Å². The summed E-state index contributed by atoms with van der Waals surface area (Å²) in [6.07, 6.45) is 0.162. The molecule has 0 aliphatic heterocycles. The van der Waals surface area contributed by atoms with E-state index in [1.807, 2.05) is 19.1 Å². The summed E-state index contributed by atoms with van der Waals surface area (Å²) >= 11 is 0. The van der Waals surface area contributed by atoms with Gasteiger partial charge in [-0.2, -0.15) is 0 Å². The first-order chi connectivity index (χ1) is 9.88. The molecule has 0 saturated carbocycles. The van der Waals surface area contributed by atoms with Crippen LogP contribution in [0.15, 0.2) is 36.4 Å². The fraction of sp³-hybridized carbons (Fsp3) is 0.316. The van der Waals surface area contributed by atoms with Crippen molar-refractivity contribution < 1.29 is 9.90 Å². The molecule has 2 aromatic carbocycles. The van der Waals surface area contributed by atoms with Crippen LogP contribution in [0.25, 0.3) is 11.1 Å². The molecule has 0 aromatic heterocycles. The van der Waals surface area contributed by atoms with Crippen LogP contribution in [0.4, 0.5) is 0 Å². The molecule has 1 N–H and O–H groups in total. The van der Waals surface area contributed by atoms with E-state index < -0.39 is 5.97 Å². The van der Waals surface area contributed by atoms with E-state index in [0.717, 1.165) is 5.56 Å². The van der Waals surface area contributed by atoms with Gasteiger partial charge in [-0.25, -0.2) is 0 Å². The van der Waals surface area contributed by atoms with Crippen LogP contribution in [0, 0.1) is 20.8 Å². The second-order valence-corrected chi connectivity index (χ2v) is 5.90. The lowest BCUT2D eigenvalue weighted by Gasteiger charge is -2.15. The number of carboxylic acid groups (broad SMARTS) is 1. The lowest BCUT2D eigenvalue weighted by molar-refractivity contribution is -0.137. The third-order valence-corrected chi connectivity index (χ3v) is 3.90. The molecular weight excluding hydrogens is 260 g/mol. The Morgan fingerprint density at radius 1 is 1.10 bits per heavy atom. The van der Waals surface area contributed by atoms with Crippen LogP contribution in [0.1, 0.15) is 41.5 Å². The summed E-state index contributed by atoms with van der Waals surface area (Å²) in [7, 11) is 0. The molecule has 2 nitrogen and oxygen atoms in total. The van der Waals surface area contributed by atoms with E-state index >= 15 is 0 Å². The molecular formula is C19H22O2. The first-order valence-electron chi connectivity index (χ1n) is 7.28. The van der Waals surface area contributed by atoms with Crippen LogP contribution in [-0.4, -0.2) is 11.1 Å². The predicted octanol–water partition coefficient (Wildman–Crippen LogP) is 4.86. The van der Waals surface area contributed by atoms with Crippen molar-refractivity contribution in [2.45, 2.75) is 40.0 Å². The Hall–Kier alpha value is -2.09. The van der Waals surface area contributed by atoms with Crippen LogP contribution in [0.3, 0.4) is 0 Å². The van der Waals surface area contributed by atoms with Crippen molar-refractivity contribution in [1.82, 2.24) is 0 Å². The largest absolute Gasteiger partial charge is 0.481 e. The molecule has 0 radical (unpaired) electrons. The summed E-state index contributed by atoms with van der Waals surface area (Å²) in [5.74, 6) is -0.732. The van der Waals surface area contributed by atoms with Crippen LogP contribution >= 0.6 is 0 Å². The van der Waals surface area contributed by atoms with Gasteiger partial charge in [-0.15, -0.1) is 0 Å². The SMILES string of the molecule is Cc1cc(C)c(-c2cccc([C@H](C)CC(=O)O)c2)c(C)c1. The molecule has 0 fully saturated rings. The Morgan fingerprint density at radius 3 is 2.29 bits per heavy atom. The van der Waals surface area contributed by atoms with E-state index in [0.29, 0.717) is 0 Å². The number of carboxylic acids is 1. The standard InChI is InChI=1S/C19H22O2/c1-12-8-14(3)19(15(4)9-12)17-7-5-6-16(11-17)13(2)10-18(20)21/h5-9,11,13H,10H2,1-4H3,(H,20,21)/t13-/m1/s1. The minimum Gasteiger partial charge on any atom is -0.481 e. The number of hydrogen-bond acceptors (Lipinski definition) is 1. The smallest absolute Gasteiger partial charge is 0.303 e. The van der Waals surface area contributed by atoms with Crippen LogP contribution in [-0.2, 0) is 4.79 Å². The molecule has 0 amide bonds. The highest BCUT2D eigenvalue weighted by atomic mass is 16.4. The lowest BCUT2D eigenvalue weighted by Crippen LogP contribution is -2.03. The zero-order valence-corrected chi connectivity index (χ0v) is 13.1. The number of carbonyl (C=O) groups is 1. The Kier molecular flexibility index (Phi) is 4.46. The summed E-state index contributed by atoms with van der Waals surface area (Å²) in [6, 6.07) is 12.6. The molecule has 0 unspecified atom stereocenters. The highest BCUT2D eigenvalue weighted by Crippen LogP contribution is 2.31. The summed E-state index contributed by atoms with van der Waals surface area (Å²) in [6.45, 7) is 8.32. The molecule has 1 atom stereocenters. The Bertz CT molecular complexity index is 648. The van der Waals surface area contributed by atoms with Crippen LogP contribution in [0.5, 0.6) is 0 Å². The maximum absolute atomic E-state index is 10.9. The fourth-order valence-electron chi connectivity index (χ4n) is 3.02. The second-order valence-electron chi connectivity index (χ2n) is 5.90. The Labute approximate surface area is 126 Å². The van der Waals surface area contributed by atoms with Crippen molar-refractivity contribution in [3.63, 3.8) is 0 Å². The van der Waals surface area contributed by atoms with Crippen molar-refractivity contribution in [2.75, 3.05) is 0 Å². The number of aryl methyl sites for hydroxylation is 3. The van der Waals surface area contributed by atoms with Crippen molar-refractivity contribution in [3.8, 4) is 11.1 Å². The van der Waals surface area contributed by atoms with Crippen molar-refractivity contribution in [2.24, 2.45) is 0 Å². The number of aliphatic carboxylic acids is 1. The van der Waals surface area contributed by atoms with E-state index in [-0.39, 0.29) is 12.3 Å². The van der Waals surface area contributed by atoms with Gasteiger partial charge >= 0.3 is 5.97 Å². The second kappa shape index (κ2) is 6.13. The van der Waals surface area contributed by atoms with Crippen LogP contribution in [0.2, 0.25) is 0 Å². The zero-order valence-electron chi connectivity index (χ0n) is 13.1. The number of benzene rings is 2. The normalized spacial score (nSPS) is 12.2. The topological polar surface area (TPSA) is 37.3 Å². The third kappa shape index (κ3) is 3.52. The summed E-state index contributed by atoms with van der Waals surface area (Å²) < 4.78 is 0. The van der Waals surface area contributed by atoms with E-state index in [1.165, 1.54) is 27.8 Å². The maximum atomic E-state index is 10.9. The molecule has 0 bridgehead atoms. The molecule has 0 heterocycles. The van der Waals surface area contributed by atoms with Gasteiger partial charge in [-0.05, 0) is 54.5 Å². The van der Waals surface area contributed by atoms with Crippen molar-refractivity contribution >= 4 is 5.97 Å². The fourth-order valence-corrected chi connectivity index (χ4v) is 3.02. The van der Waals surface area contributed by atoms with Gasteiger partial charge < -0.3 is 5.11 Å². The average Bonchev–Trinajstić information content (AvgIpc) is 2.37.